The van der Waals surface area contributed by atoms with E-state index in [0.717, 1.165) is 18.4 Å². The molecule has 1 aliphatic carbocycles. The van der Waals surface area contributed by atoms with Gasteiger partial charge in [-0.05, 0) is 117 Å². The Labute approximate surface area is 408 Å². The predicted molar refractivity (Wildman–Crippen MR) is 256 cm³/mol. The molecule has 15 atom stereocenters. The predicted octanol–water partition coefficient (Wildman–Crippen LogP) is 6.05. The van der Waals surface area contributed by atoms with Gasteiger partial charge in [0.25, 0.3) is 11.7 Å². The number of amides is 1. The number of carbonyl (C=O) groups is 5. The number of cyclic esters (lactones) is 1. The van der Waals surface area contributed by atoms with Crippen molar-refractivity contribution in [2.45, 2.75) is 180 Å². The first kappa shape index (κ1) is 55.7. The minimum absolute atomic E-state index is 0.0170. The zero-order chi connectivity index (χ0) is 50.6. The Morgan fingerprint density at radius 1 is 0.884 bits per heavy atom. The molecule has 0 unspecified atom stereocenters. The van der Waals surface area contributed by atoms with Crippen LogP contribution in [0.1, 0.15) is 132 Å². The first-order valence-corrected chi connectivity index (χ1v) is 25.0. The number of rotatable bonds is 7. The normalized spacial score (nSPS) is 37.5. The van der Waals surface area contributed by atoms with Crippen molar-refractivity contribution in [3.8, 4) is 0 Å². The highest BCUT2D eigenvalue weighted by molar-refractivity contribution is 6.39. The SMILES string of the molecule is CO[C@@H]1C[C@@H]2CC[C@@H](C)[C@@](O)(O2)C(=O)C(=O)N2CCCC[C@H]2C(=O)O[C@H]([C@H](C)C[C@@H]2CC[C@@H](n3cnnn3)[C@H](OC)C2)CC(=O)[C@H](C)/C=C(\C)[C@@H](O)[C@@H](OC)C(=O)[C@H](C)C[C@H](C)/C=C/C=CC=C1C. The van der Waals surface area contributed by atoms with Gasteiger partial charge in [-0.1, -0.05) is 71.1 Å². The second-order valence-corrected chi connectivity index (χ2v) is 20.4. The van der Waals surface area contributed by atoms with E-state index in [1.165, 1.54) is 12.0 Å². The molecule has 1 aromatic heterocycles. The number of nitrogens with zero attached hydrogens (tertiary/aromatic N) is 5. The van der Waals surface area contributed by atoms with E-state index >= 15 is 0 Å². The molecular weight excluding hydrogens is 887 g/mol. The molecule has 0 spiro atoms. The van der Waals surface area contributed by atoms with Crippen LogP contribution >= 0.6 is 0 Å². The number of methoxy groups -OCH3 is 3. The number of carbonyl (C=O) groups excluding carboxylic acids is 5. The van der Waals surface area contributed by atoms with Crippen LogP contribution in [0.2, 0.25) is 0 Å². The molecule has 17 heteroatoms. The monoisotopic (exact) mass is 966 g/mol. The van der Waals surface area contributed by atoms with Gasteiger partial charge in [0.15, 0.2) is 5.78 Å². The van der Waals surface area contributed by atoms with Gasteiger partial charge < -0.3 is 38.8 Å². The molecule has 2 bridgehead atoms. The summed E-state index contributed by atoms with van der Waals surface area (Å²) < 4.78 is 31.6. The van der Waals surface area contributed by atoms with Crippen LogP contribution in [0, 0.1) is 35.5 Å². The van der Waals surface area contributed by atoms with Crippen LogP contribution in [-0.4, -0.2) is 141 Å². The molecule has 0 aromatic carbocycles. The summed E-state index contributed by atoms with van der Waals surface area (Å²) in [6, 6.07) is -1.19. The van der Waals surface area contributed by atoms with E-state index in [1.807, 2.05) is 58.1 Å². The summed E-state index contributed by atoms with van der Waals surface area (Å²) >= 11 is 0. The van der Waals surface area contributed by atoms with Crippen LogP contribution in [0.4, 0.5) is 0 Å². The average Bonchev–Trinajstić information content (AvgIpc) is 3.88. The summed E-state index contributed by atoms with van der Waals surface area (Å²) in [7, 11) is 4.62. The second kappa shape index (κ2) is 25.7. The number of aromatic nitrogens is 4. The molecule has 0 radical (unpaired) electrons. The lowest BCUT2D eigenvalue weighted by Gasteiger charge is -2.42. The Bertz CT molecular complexity index is 2020. The lowest BCUT2D eigenvalue weighted by Crippen LogP contribution is -2.61. The molecule has 2 saturated heterocycles. The van der Waals surface area contributed by atoms with Crippen molar-refractivity contribution < 1.29 is 57.9 Å². The number of allylic oxidation sites excluding steroid dienone is 6. The number of ketones is 3. The maximum atomic E-state index is 14.5. The van der Waals surface area contributed by atoms with E-state index in [0.29, 0.717) is 56.9 Å². The Morgan fingerprint density at radius 3 is 2.32 bits per heavy atom. The lowest BCUT2D eigenvalue weighted by molar-refractivity contribution is -0.265. The first-order chi connectivity index (χ1) is 32.8. The number of hydrogen-bond acceptors (Lipinski definition) is 15. The average molecular weight is 966 g/mol. The summed E-state index contributed by atoms with van der Waals surface area (Å²) in [5.74, 6) is -7.92. The highest BCUT2D eigenvalue weighted by Crippen LogP contribution is 2.39. The number of aliphatic hydroxyl groups excluding tert-OH is 1. The van der Waals surface area contributed by atoms with Crippen molar-refractivity contribution in [2.24, 2.45) is 35.5 Å². The number of esters is 1. The highest BCUT2D eigenvalue weighted by atomic mass is 16.6. The van der Waals surface area contributed by atoms with E-state index in [1.54, 1.807) is 52.1 Å². The number of fused-ring (bicyclic) bond motifs is 3. The third-order valence-corrected chi connectivity index (χ3v) is 15.2. The largest absolute Gasteiger partial charge is 0.460 e. The van der Waals surface area contributed by atoms with Gasteiger partial charge in [-0.25, -0.2) is 9.48 Å². The number of piperidine rings is 1. The molecular formula is C52H79N5O12. The Kier molecular flexibility index (Phi) is 20.8. The fourth-order valence-electron chi connectivity index (χ4n) is 10.7. The molecule has 1 saturated carbocycles. The topological polar surface area (TPSA) is 219 Å². The van der Waals surface area contributed by atoms with Crippen LogP contribution in [0.25, 0.3) is 0 Å². The van der Waals surface area contributed by atoms with Gasteiger partial charge in [-0.2, -0.15) is 0 Å². The van der Waals surface area contributed by atoms with Gasteiger partial charge >= 0.3 is 5.97 Å². The molecule has 4 aliphatic rings. The maximum Gasteiger partial charge on any atom is 0.329 e. The molecule has 384 valence electrons. The highest BCUT2D eigenvalue weighted by Gasteiger charge is 2.53. The van der Waals surface area contributed by atoms with Gasteiger partial charge in [-0.3, -0.25) is 19.2 Å². The number of tetrazole rings is 1. The quantitative estimate of drug-likeness (QED) is 0.181. The van der Waals surface area contributed by atoms with Crippen LogP contribution in [0.3, 0.4) is 0 Å². The van der Waals surface area contributed by atoms with E-state index < -0.39 is 77.8 Å². The third-order valence-electron chi connectivity index (χ3n) is 15.2. The summed E-state index contributed by atoms with van der Waals surface area (Å²) in [6.07, 6.45) is 13.9. The van der Waals surface area contributed by atoms with Gasteiger partial charge in [0.05, 0.1) is 24.4 Å². The summed E-state index contributed by atoms with van der Waals surface area (Å²) in [4.78, 5) is 72.3. The Hall–Kier alpha value is -4.26. The molecule has 1 aromatic rings. The van der Waals surface area contributed by atoms with Gasteiger partial charge in [-0.15, -0.1) is 5.10 Å². The van der Waals surface area contributed by atoms with Crippen LogP contribution in [-0.2, 0) is 47.7 Å². The van der Waals surface area contributed by atoms with Gasteiger partial charge in [0, 0.05) is 58.5 Å². The zero-order valence-electron chi connectivity index (χ0n) is 42.5. The number of aliphatic hydroxyl groups is 2. The smallest absolute Gasteiger partial charge is 0.329 e. The van der Waals surface area contributed by atoms with Crippen molar-refractivity contribution in [2.75, 3.05) is 27.9 Å². The van der Waals surface area contributed by atoms with E-state index in [4.69, 9.17) is 23.7 Å². The third kappa shape index (κ3) is 14.2. The summed E-state index contributed by atoms with van der Waals surface area (Å²) in [5, 5.41) is 35.2. The van der Waals surface area contributed by atoms with E-state index in [9.17, 15) is 34.2 Å². The lowest BCUT2D eigenvalue weighted by atomic mass is 9.77. The van der Waals surface area contributed by atoms with E-state index in [-0.39, 0.29) is 60.9 Å². The van der Waals surface area contributed by atoms with Crippen molar-refractivity contribution in [3.05, 3.63) is 53.9 Å². The molecule has 4 heterocycles. The van der Waals surface area contributed by atoms with Gasteiger partial charge in [0.2, 0.25) is 5.79 Å². The number of Topliss-reactive ketones (excluding diaryl/α,β-unsaturated/α-hetero) is 3. The van der Waals surface area contributed by atoms with Crippen molar-refractivity contribution in [1.82, 2.24) is 25.1 Å². The van der Waals surface area contributed by atoms with Gasteiger partial charge in [0.1, 0.15) is 36.5 Å². The Balaban J connectivity index is 1.46. The molecule has 69 heavy (non-hydrogen) atoms. The fraction of sp³-hybridized carbons (Fsp3) is 0.731. The fourth-order valence-corrected chi connectivity index (χ4v) is 10.7. The second-order valence-electron chi connectivity index (χ2n) is 20.4. The first-order valence-electron chi connectivity index (χ1n) is 25.0. The van der Waals surface area contributed by atoms with E-state index in [2.05, 4.69) is 15.5 Å². The van der Waals surface area contributed by atoms with Crippen LogP contribution < -0.4 is 0 Å². The molecule has 3 fully saturated rings. The molecule has 2 N–H and O–H groups in total. The molecule has 1 amide bonds. The Morgan fingerprint density at radius 2 is 1.64 bits per heavy atom. The molecule has 17 nitrogen and oxygen atoms in total. The van der Waals surface area contributed by atoms with Crippen molar-refractivity contribution in [1.29, 1.82) is 0 Å². The molecule has 5 rings (SSSR count). The summed E-state index contributed by atoms with van der Waals surface area (Å²) in [6.45, 7) is 12.8. The van der Waals surface area contributed by atoms with Crippen molar-refractivity contribution >= 4 is 29.2 Å². The summed E-state index contributed by atoms with van der Waals surface area (Å²) in [5.41, 5.74) is 1.27. The number of hydrogen-bond donors (Lipinski definition) is 2. The van der Waals surface area contributed by atoms with Crippen LogP contribution in [0.15, 0.2) is 53.9 Å². The minimum atomic E-state index is -2.43. The standard InChI is InChI=1S/C52H79N5O12/c1-31-16-12-11-13-17-32(2)43(65-8)28-39-21-19-37(7)52(64,69-39)49(61)50(62)56-23-15-14-18-41(56)51(63)68-44(34(4)26-38-20-22-40(45(27-38)66-9)57-30-53-54-55-57)29-42(58)33(3)25-36(6)47(60)48(67-10)46(59)35(5)24-31/h11-13,16-17,25,30-31,33-35,37-41,43-45,47-48,60,64H,14-15,18-24,26-29H2,1-10H3/b13-11?,16-12+,32-17?,36-25+/t31-,33-,34-,35-,37-,38+,39+,40-,41+,43-,44+,45-,47-,48+,52-/m1/s1. The minimum Gasteiger partial charge on any atom is -0.460 e. The van der Waals surface area contributed by atoms with Crippen molar-refractivity contribution in [3.63, 3.8) is 0 Å². The number of ether oxygens (including phenoxy) is 5. The van der Waals surface area contributed by atoms with Crippen LogP contribution in [0.5, 0.6) is 0 Å². The molecule has 3 aliphatic heterocycles. The maximum absolute atomic E-state index is 14.5. The zero-order valence-corrected chi connectivity index (χ0v) is 42.5.